The van der Waals surface area contributed by atoms with Crippen LogP contribution < -0.4 is 0 Å². The van der Waals surface area contributed by atoms with E-state index in [9.17, 15) is 14.7 Å². The molecular formula is C24H19N3OS. The van der Waals surface area contributed by atoms with E-state index in [4.69, 9.17) is 4.98 Å². The standard InChI is InChI=1S/C24H19N3OS/c25-14-18-10-4-5-11-19(18)16-29(28)24-21(15-26)23(17-8-2-1-3-9-17)20-12-6-7-13-22(20)27-24/h1-5,8-11H,6-7,12-13,16H2. The minimum atomic E-state index is -1.52. The van der Waals surface area contributed by atoms with E-state index >= 15 is 0 Å². The Morgan fingerprint density at radius 1 is 0.931 bits per heavy atom. The Kier molecular flexibility index (Phi) is 5.51. The lowest BCUT2D eigenvalue weighted by molar-refractivity contribution is 0.653. The highest BCUT2D eigenvalue weighted by Crippen LogP contribution is 2.36. The number of rotatable bonds is 4. The summed E-state index contributed by atoms with van der Waals surface area (Å²) in [6.45, 7) is 0. The average Bonchev–Trinajstić information content (AvgIpc) is 2.78. The van der Waals surface area contributed by atoms with Crippen molar-refractivity contribution in [3.05, 3.63) is 82.5 Å². The molecular weight excluding hydrogens is 378 g/mol. The highest BCUT2D eigenvalue weighted by molar-refractivity contribution is 7.84. The van der Waals surface area contributed by atoms with Gasteiger partial charge < -0.3 is 0 Å². The molecule has 29 heavy (non-hydrogen) atoms. The second-order valence-electron chi connectivity index (χ2n) is 7.04. The van der Waals surface area contributed by atoms with Crippen molar-refractivity contribution < 1.29 is 4.21 Å². The number of fused-ring (bicyclic) bond motifs is 1. The number of aryl methyl sites for hydroxylation is 1. The molecule has 1 unspecified atom stereocenters. The van der Waals surface area contributed by atoms with Crippen molar-refractivity contribution in [1.82, 2.24) is 4.98 Å². The molecule has 1 atom stereocenters. The van der Waals surface area contributed by atoms with E-state index in [1.54, 1.807) is 18.2 Å². The molecule has 0 N–H and O–H groups in total. The summed E-state index contributed by atoms with van der Waals surface area (Å²) in [4.78, 5) is 4.72. The fourth-order valence-corrected chi connectivity index (χ4v) is 5.13. The van der Waals surface area contributed by atoms with Gasteiger partial charge in [0.05, 0.1) is 33.7 Å². The average molecular weight is 398 g/mol. The zero-order valence-corrected chi connectivity index (χ0v) is 16.7. The Morgan fingerprint density at radius 2 is 1.66 bits per heavy atom. The number of benzene rings is 2. The van der Waals surface area contributed by atoms with Crippen molar-refractivity contribution >= 4 is 10.8 Å². The van der Waals surface area contributed by atoms with Crippen LogP contribution in [0, 0.1) is 22.7 Å². The van der Waals surface area contributed by atoms with Gasteiger partial charge in [-0.15, -0.1) is 0 Å². The van der Waals surface area contributed by atoms with Crippen LogP contribution >= 0.6 is 0 Å². The normalized spacial score (nSPS) is 13.7. The lowest BCUT2D eigenvalue weighted by atomic mass is 9.87. The van der Waals surface area contributed by atoms with Gasteiger partial charge >= 0.3 is 0 Å². The number of aromatic nitrogens is 1. The quantitative estimate of drug-likeness (QED) is 0.640. The molecule has 5 heteroatoms. The molecule has 0 radical (unpaired) electrons. The van der Waals surface area contributed by atoms with Gasteiger partial charge in [0.1, 0.15) is 11.1 Å². The molecule has 0 fully saturated rings. The minimum Gasteiger partial charge on any atom is -0.252 e. The van der Waals surface area contributed by atoms with Gasteiger partial charge in [-0.25, -0.2) is 4.98 Å². The van der Waals surface area contributed by atoms with E-state index in [-0.39, 0.29) is 5.75 Å². The van der Waals surface area contributed by atoms with Gasteiger partial charge in [-0.2, -0.15) is 10.5 Å². The molecule has 2 aromatic carbocycles. The molecule has 0 saturated carbocycles. The molecule has 0 aliphatic heterocycles. The van der Waals surface area contributed by atoms with Crippen molar-refractivity contribution in [2.75, 3.05) is 0 Å². The van der Waals surface area contributed by atoms with Crippen LogP contribution in [0.15, 0.2) is 59.6 Å². The summed E-state index contributed by atoms with van der Waals surface area (Å²) in [6, 6.07) is 21.4. The van der Waals surface area contributed by atoms with Gasteiger partial charge in [0.2, 0.25) is 0 Å². The van der Waals surface area contributed by atoms with Crippen LogP contribution in [0.3, 0.4) is 0 Å². The minimum absolute atomic E-state index is 0.165. The summed E-state index contributed by atoms with van der Waals surface area (Å²) in [5.41, 5.74) is 5.49. The highest BCUT2D eigenvalue weighted by atomic mass is 32.2. The van der Waals surface area contributed by atoms with Crippen LogP contribution in [0.1, 0.15) is 40.8 Å². The maximum absolute atomic E-state index is 13.3. The van der Waals surface area contributed by atoms with Gasteiger partial charge in [-0.05, 0) is 48.4 Å². The third kappa shape index (κ3) is 3.70. The predicted molar refractivity (Wildman–Crippen MR) is 112 cm³/mol. The molecule has 4 nitrogen and oxygen atoms in total. The zero-order valence-electron chi connectivity index (χ0n) is 15.9. The van der Waals surface area contributed by atoms with Crippen molar-refractivity contribution in [3.8, 4) is 23.3 Å². The molecule has 1 aromatic heterocycles. The second-order valence-corrected chi connectivity index (χ2v) is 8.40. The van der Waals surface area contributed by atoms with E-state index in [1.807, 2.05) is 36.4 Å². The summed E-state index contributed by atoms with van der Waals surface area (Å²) in [7, 11) is -1.52. The summed E-state index contributed by atoms with van der Waals surface area (Å²) in [5.74, 6) is 0.165. The topological polar surface area (TPSA) is 77.5 Å². The van der Waals surface area contributed by atoms with Gasteiger partial charge in [-0.3, -0.25) is 4.21 Å². The highest BCUT2D eigenvalue weighted by Gasteiger charge is 2.25. The Morgan fingerprint density at radius 3 is 2.41 bits per heavy atom. The molecule has 1 aliphatic carbocycles. The van der Waals surface area contributed by atoms with E-state index < -0.39 is 10.8 Å². The second kappa shape index (κ2) is 8.39. The molecule has 0 spiro atoms. The number of pyridine rings is 1. The zero-order chi connectivity index (χ0) is 20.2. The Hall–Kier alpha value is -3.28. The van der Waals surface area contributed by atoms with Gasteiger partial charge in [0.15, 0.2) is 0 Å². The van der Waals surface area contributed by atoms with Crippen LogP contribution in [0.25, 0.3) is 11.1 Å². The first-order valence-corrected chi connectivity index (χ1v) is 10.9. The molecule has 142 valence electrons. The Bertz CT molecular complexity index is 1170. The first-order valence-electron chi connectivity index (χ1n) is 9.60. The van der Waals surface area contributed by atoms with Gasteiger partial charge in [0.25, 0.3) is 0 Å². The Labute approximate surface area is 172 Å². The van der Waals surface area contributed by atoms with E-state index in [0.29, 0.717) is 21.7 Å². The monoisotopic (exact) mass is 397 g/mol. The molecule has 0 bridgehead atoms. The van der Waals surface area contributed by atoms with Gasteiger partial charge in [-0.1, -0.05) is 48.5 Å². The molecule has 1 aliphatic rings. The van der Waals surface area contributed by atoms with E-state index in [0.717, 1.165) is 48.1 Å². The van der Waals surface area contributed by atoms with E-state index in [1.165, 1.54) is 0 Å². The summed E-state index contributed by atoms with van der Waals surface area (Å²) in [6.07, 6.45) is 3.83. The van der Waals surface area contributed by atoms with Crippen molar-refractivity contribution in [1.29, 1.82) is 10.5 Å². The number of hydrogen-bond donors (Lipinski definition) is 0. The van der Waals surface area contributed by atoms with Crippen molar-refractivity contribution in [3.63, 3.8) is 0 Å². The maximum Gasteiger partial charge on any atom is 0.146 e. The first-order chi connectivity index (χ1) is 14.2. The van der Waals surface area contributed by atoms with Crippen molar-refractivity contribution in [2.45, 2.75) is 36.5 Å². The Balaban J connectivity index is 1.87. The fourth-order valence-electron chi connectivity index (χ4n) is 3.88. The summed E-state index contributed by atoms with van der Waals surface area (Å²) < 4.78 is 13.3. The molecule has 3 aromatic rings. The smallest absolute Gasteiger partial charge is 0.146 e. The lowest BCUT2D eigenvalue weighted by Crippen LogP contribution is -2.14. The molecule has 0 amide bonds. The van der Waals surface area contributed by atoms with Gasteiger partial charge in [0, 0.05) is 11.3 Å². The number of nitriles is 2. The predicted octanol–water partition coefficient (Wildman–Crippen LogP) is 4.68. The maximum atomic E-state index is 13.3. The number of hydrogen-bond acceptors (Lipinski definition) is 4. The van der Waals surface area contributed by atoms with Crippen LogP contribution in [-0.4, -0.2) is 9.19 Å². The van der Waals surface area contributed by atoms with Crippen molar-refractivity contribution in [2.24, 2.45) is 0 Å². The number of nitrogens with zero attached hydrogens (tertiary/aromatic N) is 3. The van der Waals surface area contributed by atoms with E-state index in [2.05, 4.69) is 12.1 Å². The SMILES string of the molecule is N#Cc1ccccc1CS(=O)c1nc2c(c(-c3ccccc3)c1C#N)CCCC2. The third-order valence-electron chi connectivity index (χ3n) is 5.26. The van der Waals surface area contributed by atoms with Crippen LogP contribution in [-0.2, 0) is 29.4 Å². The summed E-state index contributed by atoms with van der Waals surface area (Å²) in [5, 5.41) is 19.7. The van der Waals surface area contributed by atoms with Crippen LogP contribution in [0.2, 0.25) is 0 Å². The first kappa shape index (κ1) is 19.1. The van der Waals surface area contributed by atoms with Crippen LogP contribution in [0.5, 0.6) is 0 Å². The molecule has 4 rings (SSSR count). The lowest BCUT2D eigenvalue weighted by Gasteiger charge is -2.22. The largest absolute Gasteiger partial charge is 0.252 e. The fraction of sp³-hybridized carbons (Fsp3) is 0.208. The molecule has 1 heterocycles. The molecule has 0 saturated heterocycles. The summed E-state index contributed by atoms with van der Waals surface area (Å²) >= 11 is 0. The third-order valence-corrected chi connectivity index (χ3v) is 6.56. The van der Waals surface area contributed by atoms with Crippen LogP contribution in [0.4, 0.5) is 0 Å².